The fourth-order valence-electron chi connectivity index (χ4n) is 2.30. The van der Waals surface area contributed by atoms with Crippen LogP contribution in [-0.4, -0.2) is 25.0 Å². The van der Waals surface area contributed by atoms with Gasteiger partial charge in [0.25, 0.3) is 0 Å². The molecule has 0 atom stereocenters. The Bertz CT molecular complexity index is 687. The molecule has 0 saturated heterocycles. The Kier molecular flexibility index (Phi) is 6.19. The lowest BCUT2D eigenvalue weighted by Gasteiger charge is -2.20. The lowest BCUT2D eigenvalue weighted by molar-refractivity contribution is 0.866. The van der Waals surface area contributed by atoms with Crippen molar-refractivity contribution in [3.8, 4) is 0 Å². The summed E-state index contributed by atoms with van der Waals surface area (Å²) in [6, 6.07) is 17.4. The van der Waals surface area contributed by atoms with Gasteiger partial charge in [-0.2, -0.15) is 4.99 Å². The molecule has 2 aromatic carbocycles. The molecule has 0 fully saturated rings. The minimum absolute atomic E-state index is 0.103. The number of anilines is 2. The van der Waals surface area contributed by atoms with Gasteiger partial charge in [0.15, 0.2) is 0 Å². The van der Waals surface area contributed by atoms with Crippen LogP contribution in [0.4, 0.5) is 17.1 Å². The van der Waals surface area contributed by atoms with E-state index >= 15 is 0 Å². The van der Waals surface area contributed by atoms with E-state index < -0.39 is 0 Å². The summed E-state index contributed by atoms with van der Waals surface area (Å²) in [4.78, 5) is 10.6. The van der Waals surface area contributed by atoms with Crippen LogP contribution in [0.3, 0.4) is 0 Å². The summed E-state index contributed by atoms with van der Waals surface area (Å²) in [5, 5.41) is 2.96. The summed E-state index contributed by atoms with van der Waals surface area (Å²) in [6.45, 7) is 6.19. The third-order valence-corrected chi connectivity index (χ3v) is 3.50. The first-order valence-corrected chi connectivity index (χ1v) is 7.97. The van der Waals surface area contributed by atoms with Crippen LogP contribution in [0.25, 0.3) is 0 Å². The van der Waals surface area contributed by atoms with Gasteiger partial charge in [-0.1, -0.05) is 18.2 Å². The first kappa shape index (κ1) is 17.3. The van der Waals surface area contributed by atoms with E-state index in [4.69, 9.17) is 11.5 Å². The van der Waals surface area contributed by atoms with Crippen LogP contribution < -0.4 is 21.7 Å². The van der Waals surface area contributed by atoms with Crippen molar-refractivity contribution in [2.45, 2.75) is 13.8 Å². The molecule has 0 aliphatic rings. The number of hydrogen-bond donors (Lipinski definition) is 3. The van der Waals surface area contributed by atoms with Gasteiger partial charge in [0.05, 0.1) is 5.69 Å². The maximum Gasteiger partial charge on any atom is 0.223 e. The van der Waals surface area contributed by atoms with Crippen LogP contribution in [0.15, 0.2) is 64.6 Å². The van der Waals surface area contributed by atoms with Gasteiger partial charge in [-0.3, -0.25) is 0 Å². The van der Waals surface area contributed by atoms with Gasteiger partial charge >= 0.3 is 0 Å². The second kappa shape index (κ2) is 8.57. The fraction of sp³-hybridized carbons (Fsp3) is 0.222. The number of aliphatic imine (C=N–C) groups is 2. The quantitative estimate of drug-likeness (QED) is 0.582. The zero-order valence-electron chi connectivity index (χ0n) is 14.1. The maximum atomic E-state index is 5.84. The third-order valence-electron chi connectivity index (χ3n) is 3.50. The monoisotopic (exact) mass is 324 g/mol. The van der Waals surface area contributed by atoms with Gasteiger partial charge < -0.3 is 21.7 Å². The molecule has 5 N–H and O–H groups in total. The summed E-state index contributed by atoms with van der Waals surface area (Å²) in [5.41, 5.74) is 14.4. The van der Waals surface area contributed by atoms with Crippen LogP contribution in [0.1, 0.15) is 13.8 Å². The van der Waals surface area contributed by atoms with Gasteiger partial charge in [0.1, 0.15) is 0 Å². The number of rotatable bonds is 5. The van der Waals surface area contributed by atoms with Gasteiger partial charge in [-0.05, 0) is 50.2 Å². The summed E-state index contributed by atoms with van der Waals surface area (Å²) < 4.78 is 0. The van der Waals surface area contributed by atoms with Gasteiger partial charge in [0, 0.05) is 24.5 Å². The molecule has 2 rings (SSSR count). The minimum atomic E-state index is 0.103. The summed E-state index contributed by atoms with van der Waals surface area (Å²) in [6.07, 6.45) is 0. The van der Waals surface area contributed by atoms with Crippen LogP contribution >= 0.6 is 0 Å². The van der Waals surface area contributed by atoms with E-state index in [1.807, 2.05) is 54.6 Å². The van der Waals surface area contributed by atoms with Crippen molar-refractivity contribution in [2.75, 3.05) is 23.3 Å². The van der Waals surface area contributed by atoms with E-state index in [-0.39, 0.29) is 11.9 Å². The van der Waals surface area contributed by atoms with Crippen molar-refractivity contribution in [3.05, 3.63) is 54.6 Å². The number of guanidine groups is 2. The highest BCUT2D eigenvalue weighted by molar-refractivity contribution is 6.01. The molecule has 0 unspecified atom stereocenters. The van der Waals surface area contributed by atoms with E-state index in [1.54, 1.807) is 0 Å². The Morgan fingerprint density at radius 2 is 1.58 bits per heavy atom. The normalized spacial score (nSPS) is 12.1. The zero-order chi connectivity index (χ0) is 17.4. The zero-order valence-corrected chi connectivity index (χ0v) is 14.1. The second-order valence-corrected chi connectivity index (χ2v) is 5.15. The molecule has 126 valence electrons. The van der Waals surface area contributed by atoms with E-state index in [0.717, 1.165) is 30.2 Å². The van der Waals surface area contributed by atoms with Crippen molar-refractivity contribution < 1.29 is 0 Å². The predicted octanol–water partition coefficient (Wildman–Crippen LogP) is 2.91. The van der Waals surface area contributed by atoms with Crippen LogP contribution in [-0.2, 0) is 0 Å². The molecule has 0 saturated carbocycles. The summed E-state index contributed by atoms with van der Waals surface area (Å²) in [7, 11) is 0. The standard InChI is InChI=1S/C18H24N6/c1-3-24(4-2)16-12-10-15(11-13-16)22-18(20)23-17(19)21-14-8-6-5-7-9-14/h5-13H,3-4H2,1-2H3,(H5,19,20,21,22,23). The van der Waals surface area contributed by atoms with Gasteiger partial charge in [-0.25, -0.2) is 4.99 Å². The van der Waals surface area contributed by atoms with Gasteiger partial charge in [0.2, 0.25) is 11.9 Å². The number of benzene rings is 2. The number of para-hydroxylation sites is 1. The van der Waals surface area contributed by atoms with Crippen LogP contribution in [0.5, 0.6) is 0 Å². The summed E-state index contributed by atoms with van der Waals surface area (Å²) >= 11 is 0. The molecular weight excluding hydrogens is 300 g/mol. The highest BCUT2D eigenvalue weighted by Crippen LogP contribution is 2.19. The largest absolute Gasteiger partial charge is 0.372 e. The molecule has 0 amide bonds. The smallest absolute Gasteiger partial charge is 0.223 e. The number of nitrogens with two attached hydrogens (primary N) is 2. The molecule has 0 aliphatic carbocycles. The highest BCUT2D eigenvalue weighted by atomic mass is 15.2. The molecule has 0 heterocycles. The molecule has 24 heavy (non-hydrogen) atoms. The first-order chi connectivity index (χ1) is 11.6. The number of hydrogen-bond acceptors (Lipinski definition) is 2. The van der Waals surface area contributed by atoms with Gasteiger partial charge in [-0.15, -0.1) is 0 Å². The SMILES string of the molecule is CCN(CC)c1ccc(N=C(N)N=C(N)Nc2ccccc2)cc1. The Morgan fingerprint density at radius 3 is 2.17 bits per heavy atom. The first-order valence-electron chi connectivity index (χ1n) is 7.97. The summed E-state index contributed by atoms with van der Waals surface area (Å²) in [5.74, 6) is 0.300. The highest BCUT2D eigenvalue weighted by Gasteiger charge is 2.01. The fourth-order valence-corrected chi connectivity index (χ4v) is 2.30. The van der Waals surface area contributed by atoms with E-state index in [2.05, 4.69) is 34.0 Å². The molecule has 0 aliphatic heterocycles. The molecule has 0 spiro atoms. The van der Waals surface area contributed by atoms with Crippen molar-refractivity contribution in [2.24, 2.45) is 21.5 Å². The molecule has 0 radical (unpaired) electrons. The van der Waals surface area contributed by atoms with Crippen molar-refractivity contribution >= 4 is 29.0 Å². The molecule has 6 nitrogen and oxygen atoms in total. The third kappa shape index (κ3) is 5.01. The number of nitrogens with zero attached hydrogens (tertiary/aromatic N) is 3. The van der Waals surface area contributed by atoms with Crippen LogP contribution in [0.2, 0.25) is 0 Å². The Labute approximate surface area is 142 Å². The molecule has 2 aromatic rings. The average Bonchev–Trinajstić information content (AvgIpc) is 2.58. The Hall–Kier alpha value is -3.02. The Morgan fingerprint density at radius 1 is 0.958 bits per heavy atom. The molecule has 6 heteroatoms. The maximum absolute atomic E-state index is 5.84. The second-order valence-electron chi connectivity index (χ2n) is 5.15. The van der Waals surface area contributed by atoms with E-state index in [1.165, 1.54) is 0 Å². The Balaban J connectivity index is 2.05. The van der Waals surface area contributed by atoms with E-state index in [0.29, 0.717) is 0 Å². The van der Waals surface area contributed by atoms with Crippen molar-refractivity contribution in [3.63, 3.8) is 0 Å². The number of nitrogens with one attached hydrogen (secondary N) is 1. The van der Waals surface area contributed by atoms with Crippen molar-refractivity contribution in [1.82, 2.24) is 0 Å². The topological polar surface area (TPSA) is 92.0 Å². The molecular formula is C18H24N6. The van der Waals surface area contributed by atoms with Crippen molar-refractivity contribution in [1.29, 1.82) is 0 Å². The average molecular weight is 324 g/mol. The lowest BCUT2D eigenvalue weighted by atomic mass is 10.2. The molecule has 0 aromatic heterocycles. The lowest BCUT2D eigenvalue weighted by Crippen LogP contribution is -2.25. The minimum Gasteiger partial charge on any atom is -0.372 e. The molecule has 0 bridgehead atoms. The van der Waals surface area contributed by atoms with E-state index in [9.17, 15) is 0 Å². The van der Waals surface area contributed by atoms with Crippen LogP contribution in [0, 0.1) is 0 Å². The predicted molar refractivity (Wildman–Crippen MR) is 103 cm³/mol.